The number of rotatable bonds is 7. The van der Waals surface area contributed by atoms with Crippen molar-refractivity contribution in [3.8, 4) is 5.69 Å². The van der Waals surface area contributed by atoms with Crippen molar-refractivity contribution in [1.29, 1.82) is 0 Å². The molecule has 0 aliphatic heterocycles. The molecule has 1 heterocycles. The molecule has 0 aliphatic rings. The van der Waals surface area contributed by atoms with Crippen molar-refractivity contribution >= 4 is 11.8 Å². The molecular formula is C17H25N3S. The highest BCUT2D eigenvalue weighted by Gasteiger charge is 2.12. The van der Waals surface area contributed by atoms with E-state index in [4.69, 9.17) is 0 Å². The molecule has 3 nitrogen and oxygen atoms in total. The van der Waals surface area contributed by atoms with Crippen LogP contribution in [0.4, 0.5) is 0 Å². The Bertz CT molecular complexity index is 563. The minimum atomic E-state index is 0.715. The first-order valence-electron chi connectivity index (χ1n) is 7.47. The van der Waals surface area contributed by atoms with Crippen molar-refractivity contribution in [2.45, 2.75) is 39.0 Å². The molecule has 1 unspecified atom stereocenters. The summed E-state index contributed by atoms with van der Waals surface area (Å²) in [5.74, 6) is 0. The number of aryl methyl sites for hydroxylation is 1. The topological polar surface area (TPSA) is 29.9 Å². The molecule has 2 rings (SSSR count). The third-order valence-corrected chi connectivity index (χ3v) is 4.91. The number of thioether (sulfide) groups is 1. The van der Waals surface area contributed by atoms with E-state index in [0.717, 1.165) is 24.5 Å². The van der Waals surface area contributed by atoms with Gasteiger partial charge in [-0.15, -0.1) is 0 Å². The van der Waals surface area contributed by atoms with Gasteiger partial charge in [0.1, 0.15) is 0 Å². The SMILES string of the molecule is CSC(C)CCNCc1c(C)nn(-c2ccccc2)c1C. The van der Waals surface area contributed by atoms with Crippen LogP contribution in [0.2, 0.25) is 0 Å². The fourth-order valence-corrected chi connectivity index (χ4v) is 2.74. The van der Waals surface area contributed by atoms with Crippen LogP contribution in [0.1, 0.15) is 30.3 Å². The van der Waals surface area contributed by atoms with Gasteiger partial charge in [-0.2, -0.15) is 16.9 Å². The minimum absolute atomic E-state index is 0.715. The predicted molar refractivity (Wildman–Crippen MR) is 92.3 cm³/mol. The van der Waals surface area contributed by atoms with Crippen LogP contribution in [0.5, 0.6) is 0 Å². The van der Waals surface area contributed by atoms with E-state index >= 15 is 0 Å². The number of para-hydroxylation sites is 1. The summed E-state index contributed by atoms with van der Waals surface area (Å²) in [6, 6.07) is 10.3. The largest absolute Gasteiger partial charge is 0.312 e. The van der Waals surface area contributed by atoms with Crippen molar-refractivity contribution in [3.63, 3.8) is 0 Å². The van der Waals surface area contributed by atoms with E-state index in [-0.39, 0.29) is 0 Å². The normalized spacial score (nSPS) is 12.6. The average molecular weight is 303 g/mol. The summed E-state index contributed by atoms with van der Waals surface area (Å²) in [5, 5.41) is 8.94. The molecule has 1 aromatic heterocycles. The summed E-state index contributed by atoms with van der Waals surface area (Å²) in [4.78, 5) is 0. The lowest BCUT2D eigenvalue weighted by Gasteiger charge is -2.09. The van der Waals surface area contributed by atoms with E-state index in [1.54, 1.807) is 0 Å². The number of benzene rings is 1. The Balaban J connectivity index is 2.03. The monoisotopic (exact) mass is 303 g/mol. The Hall–Kier alpha value is -1.26. The molecule has 0 aliphatic carbocycles. The first kappa shape index (κ1) is 16.1. The molecule has 0 saturated heterocycles. The zero-order chi connectivity index (χ0) is 15.2. The number of hydrogen-bond donors (Lipinski definition) is 1. The van der Waals surface area contributed by atoms with Crippen molar-refractivity contribution < 1.29 is 0 Å². The summed E-state index contributed by atoms with van der Waals surface area (Å²) in [6.45, 7) is 8.46. The van der Waals surface area contributed by atoms with Gasteiger partial charge in [0.15, 0.2) is 0 Å². The van der Waals surface area contributed by atoms with Crippen LogP contribution in [0.25, 0.3) is 5.69 Å². The average Bonchev–Trinajstić information content (AvgIpc) is 2.79. The van der Waals surface area contributed by atoms with Gasteiger partial charge in [-0.05, 0) is 45.2 Å². The molecule has 0 amide bonds. The van der Waals surface area contributed by atoms with Gasteiger partial charge < -0.3 is 5.32 Å². The van der Waals surface area contributed by atoms with Crippen molar-refractivity contribution in [1.82, 2.24) is 15.1 Å². The quantitative estimate of drug-likeness (QED) is 0.791. The van der Waals surface area contributed by atoms with E-state index in [2.05, 4.69) is 49.6 Å². The molecule has 114 valence electrons. The number of hydrogen-bond acceptors (Lipinski definition) is 3. The molecule has 21 heavy (non-hydrogen) atoms. The lowest BCUT2D eigenvalue weighted by Crippen LogP contribution is -2.18. The van der Waals surface area contributed by atoms with Crippen LogP contribution in [0.15, 0.2) is 30.3 Å². The van der Waals surface area contributed by atoms with Crippen LogP contribution in [-0.4, -0.2) is 27.8 Å². The summed E-state index contributed by atoms with van der Waals surface area (Å²) in [6.07, 6.45) is 3.37. The molecule has 0 spiro atoms. The molecule has 1 atom stereocenters. The number of nitrogens with one attached hydrogen (secondary N) is 1. The van der Waals surface area contributed by atoms with Gasteiger partial charge in [-0.1, -0.05) is 25.1 Å². The maximum atomic E-state index is 4.68. The molecule has 4 heteroatoms. The second kappa shape index (κ2) is 7.66. The lowest BCUT2D eigenvalue weighted by molar-refractivity contribution is 0.644. The van der Waals surface area contributed by atoms with E-state index in [1.807, 2.05) is 34.6 Å². The zero-order valence-corrected chi connectivity index (χ0v) is 14.2. The molecule has 0 bridgehead atoms. The lowest BCUT2D eigenvalue weighted by atomic mass is 10.2. The van der Waals surface area contributed by atoms with E-state index in [9.17, 15) is 0 Å². The Kier molecular flexibility index (Phi) is 5.88. The van der Waals surface area contributed by atoms with Crippen LogP contribution < -0.4 is 5.32 Å². The molecule has 2 aromatic rings. The molecule has 0 fully saturated rings. The van der Waals surface area contributed by atoms with Crippen molar-refractivity contribution in [2.75, 3.05) is 12.8 Å². The third kappa shape index (κ3) is 4.11. The van der Waals surface area contributed by atoms with Gasteiger partial charge in [0.25, 0.3) is 0 Å². The van der Waals surface area contributed by atoms with Gasteiger partial charge in [-0.25, -0.2) is 4.68 Å². The Labute approximate surface area is 132 Å². The van der Waals surface area contributed by atoms with Crippen LogP contribution in [-0.2, 0) is 6.54 Å². The zero-order valence-electron chi connectivity index (χ0n) is 13.4. The standard InChI is InChI=1S/C17H25N3S/c1-13(21-4)10-11-18-12-17-14(2)19-20(15(17)3)16-8-6-5-7-9-16/h5-9,13,18H,10-12H2,1-4H3. The smallest absolute Gasteiger partial charge is 0.0648 e. The summed E-state index contributed by atoms with van der Waals surface area (Å²) >= 11 is 1.92. The van der Waals surface area contributed by atoms with Gasteiger partial charge in [0, 0.05) is 23.1 Å². The maximum absolute atomic E-state index is 4.68. The van der Waals surface area contributed by atoms with Crippen molar-refractivity contribution in [2.24, 2.45) is 0 Å². The second-order valence-electron chi connectivity index (χ2n) is 5.41. The van der Waals surface area contributed by atoms with Gasteiger partial charge in [0.2, 0.25) is 0 Å². The summed E-state index contributed by atoms with van der Waals surface area (Å²) < 4.78 is 2.04. The molecule has 1 N–H and O–H groups in total. The predicted octanol–water partition coefficient (Wildman–Crippen LogP) is 3.72. The fourth-order valence-electron chi connectivity index (χ4n) is 2.39. The number of aromatic nitrogens is 2. The van der Waals surface area contributed by atoms with Gasteiger partial charge in [0.05, 0.1) is 11.4 Å². The van der Waals surface area contributed by atoms with Gasteiger partial charge in [-0.3, -0.25) is 0 Å². The highest BCUT2D eigenvalue weighted by molar-refractivity contribution is 7.99. The Morgan fingerprint density at radius 3 is 2.62 bits per heavy atom. The Morgan fingerprint density at radius 1 is 1.24 bits per heavy atom. The molecule has 0 radical (unpaired) electrons. The summed E-state index contributed by atoms with van der Waals surface area (Å²) in [7, 11) is 0. The third-order valence-electron chi connectivity index (χ3n) is 3.87. The van der Waals surface area contributed by atoms with Crippen LogP contribution in [0.3, 0.4) is 0 Å². The highest BCUT2D eigenvalue weighted by Crippen LogP contribution is 2.17. The molecule has 1 aromatic carbocycles. The van der Waals surface area contributed by atoms with E-state index in [0.29, 0.717) is 5.25 Å². The van der Waals surface area contributed by atoms with Crippen molar-refractivity contribution in [3.05, 3.63) is 47.3 Å². The second-order valence-corrected chi connectivity index (χ2v) is 6.68. The van der Waals surface area contributed by atoms with E-state index in [1.165, 1.54) is 17.7 Å². The van der Waals surface area contributed by atoms with Crippen LogP contribution >= 0.6 is 11.8 Å². The maximum Gasteiger partial charge on any atom is 0.0648 e. The first-order chi connectivity index (χ1) is 10.1. The minimum Gasteiger partial charge on any atom is -0.312 e. The van der Waals surface area contributed by atoms with Crippen LogP contribution in [0, 0.1) is 13.8 Å². The molecular weight excluding hydrogens is 278 g/mol. The van der Waals surface area contributed by atoms with E-state index < -0.39 is 0 Å². The highest BCUT2D eigenvalue weighted by atomic mass is 32.2. The number of nitrogens with zero attached hydrogens (tertiary/aromatic N) is 2. The summed E-state index contributed by atoms with van der Waals surface area (Å²) in [5.41, 5.74) is 4.78. The van der Waals surface area contributed by atoms with Gasteiger partial charge >= 0.3 is 0 Å². The first-order valence-corrected chi connectivity index (χ1v) is 8.76. The molecule has 0 saturated carbocycles. The Morgan fingerprint density at radius 2 is 1.95 bits per heavy atom. The fraction of sp³-hybridized carbons (Fsp3) is 0.471.